The Hall–Kier alpha value is -1.21. The molecule has 146 valence electrons. The number of nitrogens with zero attached hydrogens (tertiary/aromatic N) is 1. The Bertz CT molecular complexity index is 559. The van der Waals surface area contributed by atoms with Crippen LogP contribution in [0, 0.1) is 5.82 Å². The van der Waals surface area contributed by atoms with E-state index in [1.807, 2.05) is 0 Å². The summed E-state index contributed by atoms with van der Waals surface area (Å²) in [5, 5.41) is 21.9. The summed E-state index contributed by atoms with van der Waals surface area (Å²) >= 11 is 0. The molecule has 0 amide bonds. The largest absolute Gasteiger partial charge is 0.490 e. The van der Waals surface area contributed by atoms with Crippen LogP contribution in [0.5, 0.6) is 5.75 Å². The first-order chi connectivity index (χ1) is 12.5. The van der Waals surface area contributed by atoms with Gasteiger partial charge in [0.05, 0.1) is 18.8 Å². The zero-order valence-corrected chi connectivity index (χ0v) is 15.3. The minimum atomic E-state index is -1.16. The molecule has 6 heteroatoms. The lowest BCUT2D eigenvalue weighted by Crippen LogP contribution is -2.52. The first kappa shape index (κ1) is 19.5. The molecule has 1 heterocycles. The summed E-state index contributed by atoms with van der Waals surface area (Å²) in [4.78, 5) is 2.09. The maximum absolute atomic E-state index is 13.0. The molecule has 1 aliphatic carbocycles. The van der Waals surface area contributed by atoms with Crippen LogP contribution >= 0.6 is 0 Å². The van der Waals surface area contributed by atoms with Crippen LogP contribution in [0.25, 0.3) is 0 Å². The van der Waals surface area contributed by atoms with Crippen LogP contribution in [0.3, 0.4) is 0 Å². The predicted octanol–water partition coefficient (Wildman–Crippen LogP) is 2.35. The van der Waals surface area contributed by atoms with Crippen molar-refractivity contribution in [1.82, 2.24) is 4.90 Å². The maximum atomic E-state index is 13.0. The van der Waals surface area contributed by atoms with Crippen LogP contribution in [0.15, 0.2) is 24.3 Å². The Balaban J connectivity index is 1.59. The number of β-amino-alcohol motifs (C(OH)–C–C–N with tert-alkyl or cyclic N) is 2. The van der Waals surface area contributed by atoms with Crippen LogP contribution in [0.1, 0.15) is 38.5 Å². The molecule has 0 aromatic heterocycles. The van der Waals surface area contributed by atoms with Crippen molar-refractivity contribution in [3.05, 3.63) is 30.1 Å². The van der Waals surface area contributed by atoms with Crippen molar-refractivity contribution in [2.75, 3.05) is 39.5 Å². The molecule has 1 saturated carbocycles. The number of rotatable bonds is 5. The minimum Gasteiger partial charge on any atom is -0.490 e. The van der Waals surface area contributed by atoms with Crippen molar-refractivity contribution >= 4 is 0 Å². The molecular weight excluding hydrogens is 337 g/mol. The van der Waals surface area contributed by atoms with Crippen LogP contribution in [-0.2, 0) is 4.74 Å². The molecule has 0 unspecified atom stereocenters. The van der Waals surface area contributed by atoms with Crippen LogP contribution in [0.4, 0.5) is 4.39 Å². The third kappa shape index (κ3) is 5.64. The van der Waals surface area contributed by atoms with Gasteiger partial charge in [0.1, 0.15) is 23.8 Å². The van der Waals surface area contributed by atoms with Gasteiger partial charge in [0.15, 0.2) is 0 Å². The topological polar surface area (TPSA) is 62.2 Å². The van der Waals surface area contributed by atoms with E-state index in [2.05, 4.69) is 4.90 Å². The fourth-order valence-electron chi connectivity index (χ4n) is 3.93. The fourth-order valence-corrected chi connectivity index (χ4v) is 3.93. The highest BCUT2D eigenvalue weighted by molar-refractivity contribution is 5.22. The minimum absolute atomic E-state index is 0.0631. The van der Waals surface area contributed by atoms with Gasteiger partial charge in [-0.15, -0.1) is 0 Å². The van der Waals surface area contributed by atoms with Crippen molar-refractivity contribution < 1.29 is 24.1 Å². The highest BCUT2D eigenvalue weighted by Crippen LogP contribution is 2.29. The lowest BCUT2D eigenvalue weighted by molar-refractivity contribution is -0.0733. The van der Waals surface area contributed by atoms with Crippen molar-refractivity contribution in [2.24, 2.45) is 0 Å². The average Bonchev–Trinajstić information content (AvgIpc) is 2.93. The Kier molecular flexibility index (Phi) is 6.51. The van der Waals surface area contributed by atoms with Gasteiger partial charge in [-0.1, -0.05) is 25.7 Å². The second kappa shape index (κ2) is 8.65. The van der Waals surface area contributed by atoms with Gasteiger partial charge in [-0.2, -0.15) is 0 Å². The van der Waals surface area contributed by atoms with E-state index in [-0.39, 0.29) is 19.0 Å². The van der Waals surface area contributed by atoms with Crippen molar-refractivity contribution in [3.63, 3.8) is 0 Å². The average molecular weight is 367 g/mol. The van der Waals surface area contributed by atoms with Gasteiger partial charge in [-0.25, -0.2) is 4.39 Å². The zero-order valence-electron chi connectivity index (χ0n) is 15.3. The molecule has 2 N–H and O–H groups in total. The van der Waals surface area contributed by atoms with Gasteiger partial charge in [-0.05, 0) is 37.1 Å². The van der Waals surface area contributed by atoms with Crippen molar-refractivity contribution in [2.45, 2.75) is 49.7 Å². The molecule has 5 nitrogen and oxygen atoms in total. The molecule has 1 aliphatic heterocycles. The fraction of sp³-hybridized carbons (Fsp3) is 0.700. The quantitative estimate of drug-likeness (QED) is 0.783. The molecule has 1 aromatic rings. The first-order valence-corrected chi connectivity index (χ1v) is 9.60. The first-order valence-electron chi connectivity index (χ1n) is 9.60. The molecule has 26 heavy (non-hydrogen) atoms. The van der Waals surface area contributed by atoms with E-state index in [1.165, 1.54) is 25.0 Å². The van der Waals surface area contributed by atoms with Gasteiger partial charge in [0.2, 0.25) is 0 Å². The summed E-state index contributed by atoms with van der Waals surface area (Å²) in [6.07, 6.45) is 6.10. The summed E-state index contributed by atoms with van der Waals surface area (Å²) < 4.78 is 24.2. The molecule has 2 aliphatic rings. The SMILES string of the molecule is OC1(CN2CCOC[C@@](O)(COc3ccc(F)cc3)C2)CCCCCC1. The number of halogens is 1. The summed E-state index contributed by atoms with van der Waals surface area (Å²) in [6.45, 7) is 2.39. The van der Waals surface area contributed by atoms with E-state index in [9.17, 15) is 14.6 Å². The highest BCUT2D eigenvalue weighted by atomic mass is 19.1. The molecule has 0 bridgehead atoms. The third-order valence-electron chi connectivity index (χ3n) is 5.31. The number of hydrogen-bond donors (Lipinski definition) is 2. The van der Waals surface area contributed by atoms with Gasteiger partial charge < -0.3 is 19.7 Å². The van der Waals surface area contributed by atoms with Crippen LogP contribution in [-0.4, -0.2) is 65.8 Å². The molecular formula is C20H30FNO4. The van der Waals surface area contributed by atoms with E-state index in [1.54, 1.807) is 12.1 Å². The second-order valence-corrected chi connectivity index (χ2v) is 7.87. The number of benzene rings is 1. The van der Waals surface area contributed by atoms with E-state index >= 15 is 0 Å². The molecule has 2 fully saturated rings. The zero-order chi connectivity index (χ0) is 18.5. The molecule has 1 aromatic carbocycles. The monoisotopic (exact) mass is 367 g/mol. The van der Waals surface area contributed by atoms with Gasteiger partial charge in [0.25, 0.3) is 0 Å². The maximum Gasteiger partial charge on any atom is 0.134 e. The lowest BCUT2D eigenvalue weighted by Gasteiger charge is -2.36. The van der Waals surface area contributed by atoms with E-state index < -0.39 is 11.2 Å². The number of aliphatic hydroxyl groups is 2. The number of ether oxygens (including phenoxy) is 2. The Morgan fingerprint density at radius 1 is 1.04 bits per heavy atom. The van der Waals surface area contributed by atoms with Gasteiger partial charge >= 0.3 is 0 Å². The van der Waals surface area contributed by atoms with Crippen molar-refractivity contribution in [1.29, 1.82) is 0 Å². The van der Waals surface area contributed by atoms with Crippen molar-refractivity contribution in [3.8, 4) is 5.75 Å². The summed E-state index contributed by atoms with van der Waals surface area (Å²) in [7, 11) is 0. The second-order valence-electron chi connectivity index (χ2n) is 7.87. The molecule has 0 radical (unpaired) electrons. The number of hydrogen-bond acceptors (Lipinski definition) is 5. The third-order valence-corrected chi connectivity index (χ3v) is 5.31. The molecule has 0 spiro atoms. The van der Waals surface area contributed by atoms with E-state index in [0.29, 0.717) is 32.0 Å². The highest BCUT2D eigenvalue weighted by Gasteiger charge is 2.37. The van der Waals surface area contributed by atoms with E-state index in [4.69, 9.17) is 9.47 Å². The molecule has 1 saturated heterocycles. The van der Waals surface area contributed by atoms with Gasteiger partial charge in [0, 0.05) is 19.6 Å². The Morgan fingerprint density at radius 3 is 2.42 bits per heavy atom. The summed E-state index contributed by atoms with van der Waals surface area (Å²) in [5.74, 6) is 0.190. The smallest absolute Gasteiger partial charge is 0.134 e. The molecule has 1 atom stereocenters. The Morgan fingerprint density at radius 2 is 1.73 bits per heavy atom. The Labute approximate surface area is 154 Å². The van der Waals surface area contributed by atoms with Gasteiger partial charge in [-0.3, -0.25) is 4.90 Å². The molecule has 3 rings (SSSR count). The van der Waals surface area contributed by atoms with E-state index in [0.717, 1.165) is 25.7 Å². The standard InChI is InChI=1S/C20H30FNO4/c21-17-5-7-18(8-6-17)26-16-20(24)14-22(11-12-25-15-20)13-19(23)9-3-1-2-4-10-19/h5-8,23-24H,1-4,9-16H2/t20-/m1/s1. The lowest BCUT2D eigenvalue weighted by atomic mass is 9.93. The summed E-state index contributed by atoms with van der Waals surface area (Å²) in [5.41, 5.74) is -1.84. The predicted molar refractivity (Wildman–Crippen MR) is 96.8 cm³/mol. The normalized spacial score (nSPS) is 27.5. The van der Waals surface area contributed by atoms with Crippen LogP contribution in [0.2, 0.25) is 0 Å². The summed E-state index contributed by atoms with van der Waals surface area (Å²) in [6, 6.07) is 5.75. The van der Waals surface area contributed by atoms with Crippen LogP contribution < -0.4 is 4.74 Å².